The number of unbranched alkanes of at least 4 members (excludes halogenated alkanes) is 2. The highest BCUT2D eigenvalue weighted by molar-refractivity contribution is 9.09. The molecule has 9 atom stereocenters. The lowest BCUT2D eigenvalue weighted by Crippen LogP contribution is -2.60. The molecule has 43 heavy (non-hydrogen) atoms. The minimum atomic E-state index is -1.25. The molecule has 2 bridgehead atoms. The molecule has 2 N–H and O–H groups in total. The number of ether oxygens (including phenoxy) is 2. The van der Waals surface area contributed by atoms with Gasteiger partial charge < -0.3 is 29.7 Å². The first-order valence-corrected chi connectivity index (χ1v) is 16.7. The monoisotopic (exact) mass is 667 g/mol. The van der Waals surface area contributed by atoms with Gasteiger partial charge in [0.15, 0.2) is 0 Å². The van der Waals surface area contributed by atoms with E-state index in [0.717, 1.165) is 19.3 Å². The molecule has 0 aliphatic carbocycles. The highest BCUT2D eigenvalue weighted by atomic mass is 79.9. The first kappa shape index (κ1) is 35.2. The molecule has 0 aromatic rings. The lowest BCUT2D eigenvalue weighted by Gasteiger charge is -2.41. The van der Waals surface area contributed by atoms with Crippen LogP contribution in [-0.2, 0) is 28.7 Å². The normalized spacial score (nSPS) is 29.5. The second-order valence-corrected chi connectivity index (χ2v) is 13.4. The van der Waals surface area contributed by atoms with Crippen LogP contribution in [0, 0.1) is 17.8 Å². The maximum Gasteiger partial charge on any atom is 0.312 e. The molecule has 0 saturated carbocycles. The molecule has 3 aliphatic rings. The zero-order chi connectivity index (χ0) is 31.9. The third-order valence-electron chi connectivity index (χ3n) is 9.25. The van der Waals surface area contributed by atoms with E-state index in [2.05, 4.69) is 41.3 Å². The summed E-state index contributed by atoms with van der Waals surface area (Å²) in [7, 11) is 0. The van der Waals surface area contributed by atoms with Gasteiger partial charge in [0.2, 0.25) is 17.7 Å². The number of aliphatic hydroxyl groups is 1. The van der Waals surface area contributed by atoms with E-state index in [9.17, 15) is 24.3 Å². The highest BCUT2D eigenvalue weighted by Crippen LogP contribution is 2.61. The first-order chi connectivity index (χ1) is 20.5. The van der Waals surface area contributed by atoms with E-state index >= 15 is 0 Å². The maximum atomic E-state index is 14.5. The van der Waals surface area contributed by atoms with Crippen molar-refractivity contribution in [3.8, 4) is 0 Å². The molecule has 3 fully saturated rings. The predicted octanol–water partition coefficient (Wildman–Crippen LogP) is 3.36. The van der Waals surface area contributed by atoms with Gasteiger partial charge in [-0.05, 0) is 32.1 Å². The Kier molecular flexibility index (Phi) is 12.8. The lowest BCUT2D eigenvalue weighted by atomic mass is 9.70. The summed E-state index contributed by atoms with van der Waals surface area (Å²) in [4.78, 5) is 57.7. The Bertz CT molecular complexity index is 1040. The number of esters is 1. The number of likely N-dealkylation sites (tertiary alicyclic amines) is 1. The fraction of sp³-hybridized carbons (Fsp3) is 0.750. The van der Waals surface area contributed by atoms with Crippen LogP contribution in [0.5, 0.6) is 0 Å². The molecule has 3 amide bonds. The second kappa shape index (κ2) is 15.7. The number of carbonyl (C=O) groups is 4. The Morgan fingerprint density at radius 2 is 1.98 bits per heavy atom. The van der Waals surface area contributed by atoms with E-state index in [1.54, 1.807) is 24.0 Å². The number of nitrogens with zero attached hydrogens (tertiary/aromatic N) is 2. The minimum Gasteiger partial charge on any atom is -0.460 e. The topological polar surface area (TPSA) is 125 Å². The van der Waals surface area contributed by atoms with E-state index in [4.69, 9.17) is 9.47 Å². The van der Waals surface area contributed by atoms with Gasteiger partial charge in [-0.2, -0.15) is 0 Å². The van der Waals surface area contributed by atoms with Gasteiger partial charge in [-0.25, -0.2) is 0 Å². The van der Waals surface area contributed by atoms with Crippen molar-refractivity contribution in [2.75, 3.05) is 26.2 Å². The molecule has 3 aliphatic heterocycles. The van der Waals surface area contributed by atoms with Crippen molar-refractivity contribution in [1.29, 1.82) is 0 Å². The van der Waals surface area contributed by atoms with Gasteiger partial charge in [0.05, 0.1) is 37.1 Å². The molecule has 3 rings (SSSR count). The van der Waals surface area contributed by atoms with Crippen LogP contribution in [0.2, 0.25) is 0 Å². The van der Waals surface area contributed by atoms with Gasteiger partial charge in [-0.1, -0.05) is 68.1 Å². The molecule has 1 unspecified atom stereocenters. The van der Waals surface area contributed by atoms with E-state index < -0.39 is 47.7 Å². The smallest absolute Gasteiger partial charge is 0.312 e. The summed E-state index contributed by atoms with van der Waals surface area (Å²) in [6.45, 7) is 15.8. The van der Waals surface area contributed by atoms with E-state index in [1.165, 1.54) is 4.90 Å². The number of aliphatic hydroxyl groups excluding tert-OH is 1. The van der Waals surface area contributed by atoms with Crippen LogP contribution in [0.15, 0.2) is 25.3 Å². The van der Waals surface area contributed by atoms with Gasteiger partial charge in [-0.15, -0.1) is 13.2 Å². The summed E-state index contributed by atoms with van der Waals surface area (Å²) in [5.74, 6) is -3.34. The average molecular weight is 669 g/mol. The summed E-state index contributed by atoms with van der Waals surface area (Å²) < 4.78 is 12.4. The fourth-order valence-corrected chi connectivity index (χ4v) is 7.80. The maximum absolute atomic E-state index is 14.5. The number of halogens is 1. The Balaban J connectivity index is 1.96. The molecule has 0 aromatic carbocycles. The molecule has 242 valence electrons. The molecule has 3 saturated heterocycles. The first-order valence-electron chi connectivity index (χ1n) is 15.7. The van der Waals surface area contributed by atoms with Crippen LogP contribution >= 0.6 is 15.9 Å². The minimum absolute atomic E-state index is 0.0977. The molecule has 0 aromatic heterocycles. The summed E-state index contributed by atoms with van der Waals surface area (Å²) in [5.41, 5.74) is -1.25. The number of carbonyl (C=O) groups excluding carboxylic acids is 4. The summed E-state index contributed by atoms with van der Waals surface area (Å²) >= 11 is 3.69. The van der Waals surface area contributed by atoms with Crippen molar-refractivity contribution in [2.24, 2.45) is 17.8 Å². The van der Waals surface area contributed by atoms with Crippen LogP contribution in [0.3, 0.4) is 0 Å². The Labute approximate surface area is 264 Å². The molecular weight excluding hydrogens is 618 g/mol. The number of hydrogen-bond acceptors (Lipinski definition) is 7. The van der Waals surface area contributed by atoms with Crippen LogP contribution in [0.25, 0.3) is 0 Å². The zero-order valence-corrected chi connectivity index (χ0v) is 27.7. The Hall–Kier alpha value is -2.24. The molecule has 10 nitrogen and oxygen atoms in total. The third kappa shape index (κ3) is 7.20. The van der Waals surface area contributed by atoms with Gasteiger partial charge >= 0.3 is 5.97 Å². The van der Waals surface area contributed by atoms with Gasteiger partial charge in [-0.3, -0.25) is 19.2 Å². The SMILES string of the molecule is C=CCCC(=O)NC[C@@H](C)OC(=O)[C@@H]1[C@H]2O[C@@]3(CC2Br)[C@H](C(=O)N(CC=C)CCCCC)N([C@@H](CO)[C@@H](C)CC)C(=O)[C@@H]13. The number of rotatable bonds is 18. The van der Waals surface area contributed by atoms with E-state index in [-0.39, 0.29) is 41.6 Å². The molecule has 0 radical (unpaired) electrons. The Morgan fingerprint density at radius 1 is 1.26 bits per heavy atom. The van der Waals surface area contributed by atoms with Crippen molar-refractivity contribution in [3.05, 3.63) is 25.3 Å². The average Bonchev–Trinajstić information content (AvgIpc) is 3.58. The quantitative estimate of drug-likeness (QED) is 0.0994. The number of hydrogen-bond donors (Lipinski definition) is 2. The van der Waals surface area contributed by atoms with Crippen molar-refractivity contribution in [1.82, 2.24) is 15.1 Å². The zero-order valence-electron chi connectivity index (χ0n) is 26.1. The third-order valence-corrected chi connectivity index (χ3v) is 10.1. The van der Waals surface area contributed by atoms with Crippen molar-refractivity contribution in [2.45, 2.75) is 107 Å². The lowest BCUT2D eigenvalue weighted by molar-refractivity contribution is -0.160. The summed E-state index contributed by atoms with van der Waals surface area (Å²) in [5, 5.41) is 13.3. The van der Waals surface area contributed by atoms with Crippen LogP contribution in [-0.4, -0.2) is 99.6 Å². The number of allylic oxidation sites excluding steroid dienone is 1. The number of alkyl halides is 1. The highest BCUT2D eigenvalue weighted by Gasteiger charge is 2.77. The van der Waals surface area contributed by atoms with Gasteiger partial charge in [0, 0.05) is 24.3 Å². The Morgan fingerprint density at radius 3 is 2.58 bits per heavy atom. The van der Waals surface area contributed by atoms with E-state index in [0.29, 0.717) is 38.8 Å². The molecule has 11 heteroatoms. The summed E-state index contributed by atoms with van der Waals surface area (Å²) in [6, 6.07) is -1.62. The summed E-state index contributed by atoms with van der Waals surface area (Å²) in [6.07, 6.45) is 6.70. The molecular formula is C32H50BrN3O7. The van der Waals surface area contributed by atoms with Crippen LogP contribution in [0.1, 0.15) is 72.6 Å². The standard InChI is InChI=1S/C32H50BrN3O7/c1-7-11-13-16-35(15-9-3)30(40)28-32-17-22(33)27(43-32)25(26(32)29(39)36(28)23(19-37)20(5)10-4)31(41)42-21(6)18-34-24(38)14-12-8-2/h8-9,20-23,25-28,37H,2-3,7,10-19H2,1,4-6H3,(H,34,38)/t20-,21+,22?,23-,25-,26+,27-,28-,32+/m0/s1. The van der Waals surface area contributed by atoms with E-state index in [1.807, 2.05) is 13.8 Å². The molecule has 3 heterocycles. The van der Waals surface area contributed by atoms with Crippen molar-refractivity contribution >= 4 is 39.6 Å². The van der Waals surface area contributed by atoms with Crippen LogP contribution < -0.4 is 5.32 Å². The van der Waals surface area contributed by atoms with Crippen molar-refractivity contribution < 1.29 is 33.8 Å². The van der Waals surface area contributed by atoms with Gasteiger partial charge in [0.1, 0.15) is 17.7 Å². The predicted molar refractivity (Wildman–Crippen MR) is 167 cm³/mol. The second-order valence-electron chi connectivity index (χ2n) is 12.2. The van der Waals surface area contributed by atoms with Crippen LogP contribution in [0.4, 0.5) is 0 Å². The number of fused-ring (bicyclic) bond motifs is 1. The largest absolute Gasteiger partial charge is 0.460 e. The number of amides is 3. The number of nitrogens with one attached hydrogen (secondary N) is 1. The van der Waals surface area contributed by atoms with Gasteiger partial charge in [0.25, 0.3) is 0 Å². The fourth-order valence-electron chi connectivity index (χ4n) is 6.86. The molecule has 1 spiro atoms. The van der Waals surface area contributed by atoms with Crippen molar-refractivity contribution in [3.63, 3.8) is 0 Å².